The zero-order valence-electron chi connectivity index (χ0n) is 14.6. The summed E-state index contributed by atoms with van der Waals surface area (Å²) in [5, 5.41) is 39.1. The Balaban J connectivity index is 2.59. The van der Waals surface area contributed by atoms with E-state index in [0.29, 0.717) is 5.69 Å². The van der Waals surface area contributed by atoms with Crippen LogP contribution in [0.15, 0.2) is 70.8 Å². The maximum Gasteiger partial charge on any atom is 0.266 e. The fraction of sp³-hybridized carbons (Fsp3) is 0.105. The summed E-state index contributed by atoms with van der Waals surface area (Å²) in [6.45, 7) is -0.580. The number of rotatable bonds is 7. The van der Waals surface area contributed by atoms with Crippen LogP contribution in [-0.2, 0) is 10.0 Å². The summed E-state index contributed by atoms with van der Waals surface area (Å²) in [5.41, 5.74) is -0.441. The van der Waals surface area contributed by atoms with Crippen LogP contribution in [0.5, 0.6) is 0 Å². The number of aliphatic hydroxyl groups is 1. The van der Waals surface area contributed by atoms with Crippen LogP contribution in [-0.4, -0.2) is 26.7 Å². The van der Waals surface area contributed by atoms with Crippen molar-refractivity contribution in [2.75, 3.05) is 22.8 Å². The number of nitriles is 3. The molecule has 0 unspecified atom stereocenters. The highest BCUT2D eigenvalue weighted by molar-refractivity contribution is 7.93. The molecule has 0 atom stereocenters. The van der Waals surface area contributed by atoms with Crippen molar-refractivity contribution in [1.29, 1.82) is 15.8 Å². The second-order valence-corrected chi connectivity index (χ2v) is 7.17. The molecule has 0 aromatic heterocycles. The topological polar surface area (TPSA) is 141 Å². The zero-order valence-corrected chi connectivity index (χ0v) is 15.4. The van der Waals surface area contributed by atoms with E-state index in [4.69, 9.17) is 10.5 Å². The molecule has 28 heavy (non-hydrogen) atoms. The Morgan fingerprint density at radius 3 is 2.14 bits per heavy atom. The van der Waals surface area contributed by atoms with Gasteiger partial charge in [0.25, 0.3) is 10.0 Å². The second kappa shape index (κ2) is 9.20. The molecule has 0 radical (unpaired) electrons. The third-order valence-electron chi connectivity index (χ3n) is 3.65. The van der Waals surface area contributed by atoms with Crippen LogP contribution >= 0.6 is 0 Å². The van der Waals surface area contributed by atoms with Crippen molar-refractivity contribution in [3.63, 3.8) is 0 Å². The number of sulfonamides is 1. The summed E-state index contributed by atoms with van der Waals surface area (Å²) in [4.78, 5) is -0.171. The summed E-state index contributed by atoms with van der Waals surface area (Å²) in [6, 6.07) is 18.9. The van der Waals surface area contributed by atoms with E-state index in [-0.39, 0.29) is 22.8 Å². The Kier molecular flexibility index (Phi) is 6.73. The number of nitrogens with one attached hydrogen (secondary N) is 1. The van der Waals surface area contributed by atoms with Gasteiger partial charge in [0.05, 0.1) is 24.5 Å². The number of hydrogen-bond donors (Lipinski definition) is 2. The van der Waals surface area contributed by atoms with Gasteiger partial charge in [0.15, 0.2) is 5.57 Å². The molecule has 0 aliphatic rings. The maximum absolute atomic E-state index is 13.3. The highest BCUT2D eigenvalue weighted by Gasteiger charge is 2.27. The maximum atomic E-state index is 13.3. The lowest BCUT2D eigenvalue weighted by molar-refractivity contribution is 0.306. The molecule has 2 N–H and O–H groups in total. The third-order valence-corrected chi connectivity index (χ3v) is 5.53. The van der Waals surface area contributed by atoms with Gasteiger partial charge in [0.2, 0.25) is 0 Å². The van der Waals surface area contributed by atoms with Gasteiger partial charge in [-0.2, -0.15) is 15.8 Å². The number of allylic oxidation sites excluding steroid dienone is 2. The number of nitrogens with zero attached hydrogens (tertiary/aromatic N) is 4. The average Bonchev–Trinajstić information content (AvgIpc) is 2.72. The van der Waals surface area contributed by atoms with Crippen molar-refractivity contribution in [3.05, 3.63) is 65.9 Å². The van der Waals surface area contributed by atoms with Crippen LogP contribution in [0.25, 0.3) is 0 Å². The quantitative estimate of drug-likeness (QED) is 0.686. The van der Waals surface area contributed by atoms with Crippen LogP contribution in [0.1, 0.15) is 0 Å². The molecule has 0 spiro atoms. The summed E-state index contributed by atoms with van der Waals surface area (Å²) in [5.74, 6) is 0. The largest absolute Gasteiger partial charge is 0.394 e. The minimum atomic E-state index is -4.13. The summed E-state index contributed by atoms with van der Waals surface area (Å²) < 4.78 is 27.6. The minimum Gasteiger partial charge on any atom is -0.394 e. The molecular weight excluding hydrogens is 378 g/mol. The SMILES string of the molecule is N#CC(C#N)=C(C#N)Nc1ccccc1S(=O)(=O)N(CCO)c1ccccc1. The van der Waals surface area contributed by atoms with Gasteiger partial charge in [-0.3, -0.25) is 4.31 Å². The molecule has 0 aliphatic heterocycles. The predicted octanol–water partition coefficient (Wildman–Crippen LogP) is 2.11. The Morgan fingerprint density at radius 2 is 1.57 bits per heavy atom. The first-order chi connectivity index (χ1) is 13.5. The Hall–Kier alpha value is -3.84. The molecule has 0 saturated carbocycles. The van der Waals surface area contributed by atoms with E-state index in [1.807, 2.05) is 0 Å². The number of para-hydroxylation sites is 2. The van der Waals surface area contributed by atoms with E-state index in [0.717, 1.165) is 4.31 Å². The summed E-state index contributed by atoms with van der Waals surface area (Å²) in [7, 11) is -4.13. The highest BCUT2D eigenvalue weighted by Crippen LogP contribution is 2.29. The first kappa shape index (κ1) is 20.5. The van der Waals surface area contributed by atoms with Gasteiger partial charge in [-0.05, 0) is 24.3 Å². The predicted molar refractivity (Wildman–Crippen MR) is 102 cm³/mol. The van der Waals surface area contributed by atoms with Crippen molar-refractivity contribution in [3.8, 4) is 18.2 Å². The summed E-state index contributed by atoms with van der Waals surface area (Å²) in [6.07, 6.45) is 0. The first-order valence-electron chi connectivity index (χ1n) is 7.98. The standard InChI is InChI=1S/C19H15N5O3S/c20-12-15(13-21)18(14-22)23-17-8-4-5-9-19(17)28(26,27)24(10-11-25)16-6-2-1-3-7-16/h1-9,23,25H,10-11H2. The van der Waals surface area contributed by atoms with Crippen molar-refractivity contribution in [2.45, 2.75) is 4.90 Å². The van der Waals surface area contributed by atoms with E-state index < -0.39 is 22.2 Å². The molecule has 2 aromatic rings. The number of benzene rings is 2. The Morgan fingerprint density at radius 1 is 0.964 bits per heavy atom. The molecule has 9 heteroatoms. The Labute approximate surface area is 162 Å². The normalized spacial score (nSPS) is 10.1. The summed E-state index contributed by atoms with van der Waals surface area (Å²) >= 11 is 0. The van der Waals surface area contributed by atoms with E-state index in [9.17, 15) is 18.8 Å². The monoisotopic (exact) mass is 393 g/mol. The fourth-order valence-corrected chi connectivity index (χ4v) is 4.01. The van der Waals surface area contributed by atoms with Gasteiger partial charge >= 0.3 is 0 Å². The van der Waals surface area contributed by atoms with Crippen LogP contribution in [0.4, 0.5) is 11.4 Å². The van der Waals surface area contributed by atoms with Crippen LogP contribution < -0.4 is 9.62 Å². The highest BCUT2D eigenvalue weighted by atomic mass is 32.2. The van der Waals surface area contributed by atoms with E-state index in [2.05, 4.69) is 5.32 Å². The van der Waals surface area contributed by atoms with Crippen LogP contribution in [0, 0.1) is 34.0 Å². The smallest absolute Gasteiger partial charge is 0.266 e. The first-order valence-corrected chi connectivity index (χ1v) is 9.43. The fourth-order valence-electron chi connectivity index (χ4n) is 2.40. The van der Waals surface area contributed by atoms with Crippen LogP contribution in [0.2, 0.25) is 0 Å². The molecule has 0 bridgehead atoms. The Bertz CT molecular complexity index is 1090. The zero-order chi connectivity index (χ0) is 20.6. The molecule has 2 aromatic carbocycles. The van der Waals surface area contributed by atoms with Gasteiger partial charge in [-0.15, -0.1) is 0 Å². The van der Waals surface area contributed by atoms with Gasteiger partial charge in [0, 0.05) is 0 Å². The third kappa shape index (κ3) is 4.28. The van der Waals surface area contributed by atoms with E-state index in [1.165, 1.54) is 18.2 Å². The molecule has 140 valence electrons. The number of aliphatic hydroxyl groups excluding tert-OH is 1. The molecule has 0 aliphatic carbocycles. The molecule has 0 amide bonds. The van der Waals surface area contributed by atoms with Gasteiger partial charge in [-0.1, -0.05) is 30.3 Å². The lowest BCUT2D eigenvalue weighted by Gasteiger charge is -2.25. The van der Waals surface area contributed by atoms with Crippen molar-refractivity contribution >= 4 is 21.4 Å². The average molecular weight is 393 g/mol. The molecule has 8 nitrogen and oxygen atoms in total. The molecular formula is C19H15N5O3S. The molecule has 0 heterocycles. The van der Waals surface area contributed by atoms with Crippen molar-refractivity contribution in [2.24, 2.45) is 0 Å². The number of anilines is 2. The lowest BCUT2D eigenvalue weighted by atomic mass is 10.2. The van der Waals surface area contributed by atoms with Gasteiger partial charge < -0.3 is 10.4 Å². The minimum absolute atomic E-state index is 0.0286. The van der Waals surface area contributed by atoms with Gasteiger partial charge in [-0.25, -0.2) is 8.42 Å². The van der Waals surface area contributed by atoms with Crippen molar-refractivity contribution in [1.82, 2.24) is 0 Å². The lowest BCUT2D eigenvalue weighted by Crippen LogP contribution is -2.34. The number of hydrogen-bond acceptors (Lipinski definition) is 7. The molecule has 0 fully saturated rings. The second-order valence-electron chi connectivity index (χ2n) is 5.34. The van der Waals surface area contributed by atoms with Gasteiger partial charge in [0.1, 0.15) is 28.8 Å². The molecule has 0 saturated heterocycles. The van der Waals surface area contributed by atoms with Crippen molar-refractivity contribution < 1.29 is 13.5 Å². The van der Waals surface area contributed by atoms with Crippen LogP contribution in [0.3, 0.4) is 0 Å². The van der Waals surface area contributed by atoms with E-state index >= 15 is 0 Å². The van der Waals surface area contributed by atoms with E-state index in [1.54, 1.807) is 54.6 Å². The molecule has 2 rings (SSSR count).